The van der Waals surface area contributed by atoms with Crippen LogP contribution in [-0.4, -0.2) is 11.8 Å². The maximum absolute atomic E-state index is 5.27. The first kappa shape index (κ1) is 10.3. The number of hydrogen-bond donors (Lipinski definition) is 0. The minimum Gasteiger partial charge on any atom is -0.393 e. The molecule has 3 heteroatoms. The fourth-order valence-corrected chi connectivity index (χ4v) is 1.44. The summed E-state index contributed by atoms with van der Waals surface area (Å²) in [6.07, 6.45) is 1.19. The highest BCUT2D eigenvalue weighted by molar-refractivity contribution is 7.12. The van der Waals surface area contributed by atoms with Crippen molar-refractivity contribution in [3.63, 3.8) is 0 Å². The summed E-state index contributed by atoms with van der Waals surface area (Å²) >= 11 is 1.68. The van der Waals surface area contributed by atoms with Crippen LogP contribution >= 0.6 is 11.3 Å². The summed E-state index contributed by atoms with van der Waals surface area (Å²) in [4.78, 5) is 6.44. The fourth-order valence-electron chi connectivity index (χ4n) is 0.773. The standard InChI is InChI=1S/C10H15NOS/c1-4-8(2)12-11-9(3)10-6-5-7-13-10/h5-8H,4H2,1-3H3. The van der Waals surface area contributed by atoms with Gasteiger partial charge in [-0.05, 0) is 31.7 Å². The van der Waals surface area contributed by atoms with Gasteiger partial charge in [-0.1, -0.05) is 18.1 Å². The maximum Gasteiger partial charge on any atom is 0.124 e. The summed E-state index contributed by atoms with van der Waals surface area (Å²) in [5, 5.41) is 6.10. The molecule has 0 N–H and O–H groups in total. The Labute approximate surface area is 83.2 Å². The Kier molecular flexibility index (Phi) is 3.96. The van der Waals surface area contributed by atoms with Crippen LogP contribution in [0.4, 0.5) is 0 Å². The lowest BCUT2D eigenvalue weighted by Gasteiger charge is -2.06. The summed E-state index contributed by atoms with van der Waals surface area (Å²) in [5.74, 6) is 0. The molecule has 0 saturated carbocycles. The van der Waals surface area contributed by atoms with E-state index in [-0.39, 0.29) is 6.10 Å². The van der Waals surface area contributed by atoms with E-state index in [9.17, 15) is 0 Å². The van der Waals surface area contributed by atoms with Gasteiger partial charge in [-0.3, -0.25) is 0 Å². The SMILES string of the molecule is CCC(C)ON=C(C)c1cccs1. The molecule has 2 nitrogen and oxygen atoms in total. The molecule has 1 atom stereocenters. The number of nitrogens with zero attached hydrogens (tertiary/aromatic N) is 1. The molecular weight excluding hydrogens is 182 g/mol. The van der Waals surface area contributed by atoms with Crippen molar-refractivity contribution >= 4 is 17.0 Å². The molecule has 1 rings (SSSR count). The molecule has 0 bridgehead atoms. The summed E-state index contributed by atoms with van der Waals surface area (Å²) in [6, 6.07) is 4.06. The van der Waals surface area contributed by atoms with Crippen LogP contribution in [0.1, 0.15) is 32.1 Å². The topological polar surface area (TPSA) is 21.6 Å². The van der Waals surface area contributed by atoms with Crippen molar-refractivity contribution in [3.8, 4) is 0 Å². The molecule has 0 amide bonds. The number of rotatable bonds is 4. The zero-order valence-electron chi connectivity index (χ0n) is 8.28. The first-order valence-corrected chi connectivity index (χ1v) is 5.36. The number of hydrogen-bond acceptors (Lipinski definition) is 3. The second-order valence-corrected chi connectivity index (χ2v) is 3.93. The predicted molar refractivity (Wildman–Crippen MR) is 57.4 cm³/mol. The van der Waals surface area contributed by atoms with Crippen molar-refractivity contribution in [1.82, 2.24) is 0 Å². The summed E-state index contributed by atoms with van der Waals surface area (Å²) < 4.78 is 0. The van der Waals surface area contributed by atoms with Gasteiger partial charge in [-0.2, -0.15) is 0 Å². The molecule has 0 aromatic carbocycles. The molecule has 1 aromatic heterocycles. The highest BCUT2D eigenvalue weighted by Crippen LogP contribution is 2.10. The molecule has 1 unspecified atom stereocenters. The maximum atomic E-state index is 5.27. The highest BCUT2D eigenvalue weighted by atomic mass is 32.1. The zero-order chi connectivity index (χ0) is 9.68. The van der Waals surface area contributed by atoms with E-state index < -0.39 is 0 Å². The first-order chi connectivity index (χ1) is 6.24. The Morgan fingerprint density at radius 2 is 2.46 bits per heavy atom. The second-order valence-electron chi connectivity index (χ2n) is 2.98. The Morgan fingerprint density at radius 3 is 3.00 bits per heavy atom. The van der Waals surface area contributed by atoms with E-state index in [0.29, 0.717) is 0 Å². The van der Waals surface area contributed by atoms with Gasteiger partial charge in [0.15, 0.2) is 0 Å². The van der Waals surface area contributed by atoms with Gasteiger partial charge in [0.05, 0.1) is 10.6 Å². The van der Waals surface area contributed by atoms with Crippen molar-refractivity contribution in [2.75, 3.05) is 0 Å². The van der Waals surface area contributed by atoms with Crippen LogP contribution in [0, 0.1) is 0 Å². The van der Waals surface area contributed by atoms with Crippen LogP contribution in [0.2, 0.25) is 0 Å². The van der Waals surface area contributed by atoms with Gasteiger partial charge in [-0.25, -0.2) is 0 Å². The molecule has 72 valence electrons. The molecule has 1 heterocycles. The third kappa shape index (κ3) is 3.19. The largest absolute Gasteiger partial charge is 0.393 e. The molecule has 0 radical (unpaired) electrons. The van der Waals surface area contributed by atoms with Crippen LogP contribution in [0.15, 0.2) is 22.7 Å². The molecular formula is C10H15NOS. The zero-order valence-corrected chi connectivity index (χ0v) is 9.10. The van der Waals surface area contributed by atoms with Gasteiger partial charge in [0.25, 0.3) is 0 Å². The molecule has 0 aliphatic heterocycles. The Hall–Kier alpha value is -0.830. The van der Waals surface area contributed by atoms with Gasteiger partial charge in [0.1, 0.15) is 6.10 Å². The van der Waals surface area contributed by atoms with Crippen molar-refractivity contribution in [1.29, 1.82) is 0 Å². The summed E-state index contributed by atoms with van der Waals surface area (Å²) in [5.41, 5.74) is 0.954. The molecule has 1 aromatic rings. The molecule has 0 aliphatic rings. The van der Waals surface area contributed by atoms with Crippen molar-refractivity contribution in [2.24, 2.45) is 5.16 Å². The summed E-state index contributed by atoms with van der Waals surface area (Å²) in [7, 11) is 0. The van der Waals surface area contributed by atoms with Gasteiger partial charge in [0, 0.05) is 0 Å². The van der Waals surface area contributed by atoms with E-state index in [1.807, 2.05) is 31.4 Å². The van der Waals surface area contributed by atoms with Crippen molar-refractivity contribution in [2.45, 2.75) is 33.3 Å². The van der Waals surface area contributed by atoms with Crippen LogP contribution in [-0.2, 0) is 4.84 Å². The second kappa shape index (κ2) is 5.02. The Bertz CT molecular complexity index is 266. The van der Waals surface area contributed by atoms with Crippen molar-refractivity contribution < 1.29 is 4.84 Å². The normalized spacial score (nSPS) is 14.2. The average Bonchev–Trinajstić information content (AvgIpc) is 2.66. The average molecular weight is 197 g/mol. The smallest absolute Gasteiger partial charge is 0.124 e. The van der Waals surface area contributed by atoms with E-state index in [1.54, 1.807) is 11.3 Å². The summed E-state index contributed by atoms with van der Waals surface area (Å²) in [6.45, 7) is 6.07. The monoisotopic (exact) mass is 197 g/mol. The van der Waals surface area contributed by atoms with Gasteiger partial charge in [-0.15, -0.1) is 11.3 Å². The quantitative estimate of drug-likeness (QED) is 0.536. The Morgan fingerprint density at radius 1 is 1.69 bits per heavy atom. The molecule has 0 aliphatic carbocycles. The molecule has 0 saturated heterocycles. The lowest BCUT2D eigenvalue weighted by molar-refractivity contribution is 0.0700. The number of oxime groups is 1. The lowest BCUT2D eigenvalue weighted by Crippen LogP contribution is -2.03. The van der Waals surface area contributed by atoms with Gasteiger partial charge in [0.2, 0.25) is 0 Å². The van der Waals surface area contributed by atoms with Crippen LogP contribution in [0.5, 0.6) is 0 Å². The van der Waals surface area contributed by atoms with Crippen LogP contribution < -0.4 is 0 Å². The minimum atomic E-state index is 0.204. The molecule has 0 fully saturated rings. The lowest BCUT2D eigenvalue weighted by atomic mass is 10.3. The number of thiophene rings is 1. The van der Waals surface area contributed by atoms with Crippen LogP contribution in [0.3, 0.4) is 0 Å². The van der Waals surface area contributed by atoms with Gasteiger partial charge < -0.3 is 4.84 Å². The van der Waals surface area contributed by atoms with Gasteiger partial charge >= 0.3 is 0 Å². The van der Waals surface area contributed by atoms with Crippen molar-refractivity contribution in [3.05, 3.63) is 22.4 Å². The van der Waals surface area contributed by atoms with E-state index >= 15 is 0 Å². The van der Waals surface area contributed by atoms with E-state index in [0.717, 1.165) is 12.1 Å². The van der Waals surface area contributed by atoms with E-state index in [4.69, 9.17) is 4.84 Å². The third-order valence-electron chi connectivity index (χ3n) is 1.82. The third-order valence-corrected chi connectivity index (χ3v) is 2.80. The molecule has 0 spiro atoms. The highest BCUT2D eigenvalue weighted by Gasteiger charge is 2.00. The van der Waals surface area contributed by atoms with E-state index in [1.165, 1.54) is 4.88 Å². The predicted octanol–water partition coefficient (Wildman–Crippen LogP) is 3.29. The van der Waals surface area contributed by atoms with Crippen LogP contribution in [0.25, 0.3) is 0 Å². The van der Waals surface area contributed by atoms with E-state index in [2.05, 4.69) is 12.1 Å². The fraction of sp³-hybridized carbons (Fsp3) is 0.500. The molecule has 13 heavy (non-hydrogen) atoms. The Balaban J connectivity index is 2.52. The first-order valence-electron chi connectivity index (χ1n) is 4.48. The minimum absolute atomic E-state index is 0.204.